The highest BCUT2D eigenvalue weighted by Crippen LogP contribution is 2.12. The molecule has 0 atom stereocenters. The van der Waals surface area contributed by atoms with Gasteiger partial charge in [-0.15, -0.1) is 12.4 Å². The normalized spacial score (nSPS) is 9.81. The molecule has 0 amide bonds. The SMILES string of the molecule is COCCOc1ncc2ccccc2n1.Cl. The maximum absolute atomic E-state index is 5.31. The van der Waals surface area contributed by atoms with Crippen molar-refractivity contribution in [2.75, 3.05) is 20.3 Å². The van der Waals surface area contributed by atoms with E-state index in [1.165, 1.54) is 0 Å². The summed E-state index contributed by atoms with van der Waals surface area (Å²) in [6, 6.07) is 8.19. The van der Waals surface area contributed by atoms with Crippen molar-refractivity contribution in [1.82, 2.24) is 9.97 Å². The summed E-state index contributed by atoms with van der Waals surface area (Å²) >= 11 is 0. The van der Waals surface area contributed by atoms with Crippen molar-refractivity contribution in [3.63, 3.8) is 0 Å². The van der Waals surface area contributed by atoms with Crippen molar-refractivity contribution in [3.05, 3.63) is 30.5 Å². The van der Waals surface area contributed by atoms with Crippen LogP contribution in [0.4, 0.5) is 0 Å². The van der Waals surface area contributed by atoms with Crippen molar-refractivity contribution in [2.45, 2.75) is 0 Å². The Morgan fingerprint density at radius 1 is 1.19 bits per heavy atom. The second-order valence-corrected chi connectivity index (χ2v) is 3.05. The van der Waals surface area contributed by atoms with Crippen LogP contribution in [0.5, 0.6) is 6.01 Å². The number of para-hydroxylation sites is 1. The van der Waals surface area contributed by atoms with Crippen LogP contribution in [0.1, 0.15) is 0 Å². The van der Waals surface area contributed by atoms with Crippen LogP contribution in [0.25, 0.3) is 10.9 Å². The van der Waals surface area contributed by atoms with Crippen LogP contribution >= 0.6 is 12.4 Å². The molecule has 0 radical (unpaired) electrons. The van der Waals surface area contributed by atoms with Gasteiger partial charge in [0.1, 0.15) is 6.61 Å². The number of nitrogens with zero attached hydrogens (tertiary/aromatic N) is 2. The number of aromatic nitrogens is 2. The van der Waals surface area contributed by atoms with Crippen LogP contribution in [0, 0.1) is 0 Å². The van der Waals surface area contributed by atoms with Gasteiger partial charge in [-0.25, -0.2) is 4.98 Å². The first-order chi connectivity index (χ1) is 7.40. The Bertz CT molecular complexity index is 451. The van der Waals surface area contributed by atoms with E-state index in [4.69, 9.17) is 9.47 Å². The Balaban J connectivity index is 0.00000128. The largest absolute Gasteiger partial charge is 0.461 e. The van der Waals surface area contributed by atoms with Crippen LogP contribution in [0.3, 0.4) is 0 Å². The number of hydrogen-bond acceptors (Lipinski definition) is 4. The van der Waals surface area contributed by atoms with Crippen LogP contribution in [0.15, 0.2) is 30.5 Å². The quantitative estimate of drug-likeness (QED) is 0.768. The molecule has 0 fully saturated rings. The summed E-state index contributed by atoms with van der Waals surface area (Å²) in [4.78, 5) is 8.35. The summed E-state index contributed by atoms with van der Waals surface area (Å²) in [5.74, 6) is 0. The van der Waals surface area contributed by atoms with Gasteiger partial charge in [0, 0.05) is 18.7 Å². The third-order valence-electron chi connectivity index (χ3n) is 1.99. The first-order valence-electron chi connectivity index (χ1n) is 4.73. The molecule has 0 saturated heterocycles. The minimum absolute atomic E-state index is 0. The first kappa shape index (κ1) is 12.7. The van der Waals surface area contributed by atoms with Gasteiger partial charge >= 0.3 is 6.01 Å². The van der Waals surface area contributed by atoms with Gasteiger partial charge in [0.15, 0.2) is 0 Å². The van der Waals surface area contributed by atoms with Gasteiger partial charge in [0.05, 0.1) is 12.1 Å². The lowest BCUT2D eigenvalue weighted by molar-refractivity contribution is 0.141. The van der Waals surface area contributed by atoms with Crippen molar-refractivity contribution < 1.29 is 9.47 Å². The topological polar surface area (TPSA) is 44.2 Å². The van der Waals surface area contributed by atoms with Crippen molar-refractivity contribution in [2.24, 2.45) is 0 Å². The summed E-state index contributed by atoms with van der Waals surface area (Å²) < 4.78 is 10.2. The second kappa shape index (κ2) is 6.25. The smallest absolute Gasteiger partial charge is 0.316 e. The summed E-state index contributed by atoms with van der Waals surface area (Å²) in [5, 5.41) is 1.01. The predicted molar refractivity (Wildman–Crippen MR) is 64.2 cm³/mol. The van der Waals surface area contributed by atoms with Gasteiger partial charge in [-0.3, -0.25) is 0 Å². The zero-order valence-electron chi connectivity index (χ0n) is 8.92. The molecule has 0 spiro atoms. The molecule has 0 unspecified atom stereocenters. The van der Waals surface area contributed by atoms with Crippen molar-refractivity contribution >= 4 is 23.3 Å². The Morgan fingerprint density at radius 3 is 2.81 bits per heavy atom. The summed E-state index contributed by atoms with van der Waals surface area (Å²) in [6.45, 7) is 1.00. The monoisotopic (exact) mass is 240 g/mol. The molecule has 86 valence electrons. The molecule has 1 aromatic carbocycles. The molecule has 5 heteroatoms. The first-order valence-corrected chi connectivity index (χ1v) is 4.73. The number of rotatable bonds is 4. The van der Waals surface area contributed by atoms with Crippen LogP contribution < -0.4 is 4.74 Å². The third kappa shape index (κ3) is 3.05. The van der Waals surface area contributed by atoms with Gasteiger partial charge in [-0.2, -0.15) is 4.98 Å². The third-order valence-corrected chi connectivity index (χ3v) is 1.99. The Labute approximate surface area is 100 Å². The van der Waals surface area contributed by atoms with E-state index in [0.717, 1.165) is 10.9 Å². The van der Waals surface area contributed by atoms with E-state index in [2.05, 4.69) is 9.97 Å². The van der Waals surface area contributed by atoms with E-state index < -0.39 is 0 Å². The average molecular weight is 241 g/mol. The van der Waals surface area contributed by atoms with Crippen molar-refractivity contribution in [1.29, 1.82) is 0 Å². The molecule has 4 nitrogen and oxygen atoms in total. The molecule has 0 saturated carbocycles. The molecule has 0 aliphatic carbocycles. The van der Waals surface area contributed by atoms with Crippen LogP contribution in [-0.4, -0.2) is 30.3 Å². The molecule has 0 aliphatic heterocycles. The number of benzene rings is 1. The molecule has 1 heterocycles. The predicted octanol–water partition coefficient (Wildman–Crippen LogP) is 2.08. The number of fused-ring (bicyclic) bond motifs is 1. The highest BCUT2D eigenvalue weighted by molar-refractivity contribution is 5.85. The van der Waals surface area contributed by atoms with Crippen LogP contribution in [0.2, 0.25) is 0 Å². The lowest BCUT2D eigenvalue weighted by Crippen LogP contribution is -2.06. The number of hydrogen-bond donors (Lipinski definition) is 0. The van der Waals surface area contributed by atoms with Gasteiger partial charge in [-0.05, 0) is 6.07 Å². The number of halogens is 1. The van der Waals surface area contributed by atoms with E-state index in [-0.39, 0.29) is 12.4 Å². The summed E-state index contributed by atoms with van der Waals surface area (Å²) in [7, 11) is 1.63. The molecule has 16 heavy (non-hydrogen) atoms. The maximum atomic E-state index is 5.31. The van der Waals surface area contributed by atoms with E-state index in [1.807, 2.05) is 24.3 Å². The lowest BCUT2D eigenvalue weighted by atomic mass is 10.2. The highest BCUT2D eigenvalue weighted by atomic mass is 35.5. The molecular formula is C11H13ClN2O2. The maximum Gasteiger partial charge on any atom is 0.316 e. The standard InChI is InChI=1S/C11H12N2O2.ClH/c1-14-6-7-15-11-12-8-9-4-2-3-5-10(9)13-11;/h2-5,8H,6-7H2,1H3;1H. The number of ether oxygens (including phenoxy) is 2. The minimum Gasteiger partial charge on any atom is -0.461 e. The van der Waals surface area contributed by atoms with E-state index in [1.54, 1.807) is 13.3 Å². The zero-order chi connectivity index (χ0) is 10.5. The summed E-state index contributed by atoms with van der Waals surface area (Å²) in [6.07, 6.45) is 1.75. The molecule has 2 aromatic rings. The summed E-state index contributed by atoms with van der Waals surface area (Å²) in [5.41, 5.74) is 0.889. The minimum atomic E-state index is 0. The average Bonchev–Trinajstić information content (AvgIpc) is 2.29. The number of methoxy groups -OCH3 is 1. The Hall–Kier alpha value is -1.39. The van der Waals surface area contributed by atoms with Crippen LogP contribution in [-0.2, 0) is 4.74 Å². The molecule has 0 bridgehead atoms. The van der Waals surface area contributed by atoms with Gasteiger partial charge in [-0.1, -0.05) is 18.2 Å². The Kier molecular flexibility index (Phi) is 4.95. The molecule has 1 aromatic heterocycles. The van der Waals surface area contributed by atoms with Crippen molar-refractivity contribution in [3.8, 4) is 6.01 Å². The second-order valence-electron chi connectivity index (χ2n) is 3.05. The Morgan fingerprint density at radius 2 is 2.00 bits per heavy atom. The fourth-order valence-corrected chi connectivity index (χ4v) is 1.24. The van der Waals surface area contributed by atoms with E-state index in [0.29, 0.717) is 19.2 Å². The molecule has 0 N–H and O–H groups in total. The molecule has 2 rings (SSSR count). The van der Waals surface area contributed by atoms with E-state index in [9.17, 15) is 0 Å². The molecule has 0 aliphatic rings. The van der Waals surface area contributed by atoms with Gasteiger partial charge < -0.3 is 9.47 Å². The lowest BCUT2D eigenvalue weighted by Gasteiger charge is -2.03. The highest BCUT2D eigenvalue weighted by Gasteiger charge is 1.99. The zero-order valence-corrected chi connectivity index (χ0v) is 9.74. The fourth-order valence-electron chi connectivity index (χ4n) is 1.24. The molecular weight excluding hydrogens is 228 g/mol. The fraction of sp³-hybridized carbons (Fsp3) is 0.273. The van der Waals surface area contributed by atoms with Gasteiger partial charge in [0.2, 0.25) is 0 Å². The van der Waals surface area contributed by atoms with E-state index >= 15 is 0 Å². The van der Waals surface area contributed by atoms with Gasteiger partial charge in [0.25, 0.3) is 0 Å².